The topological polar surface area (TPSA) is 41.1 Å². The fourth-order valence-corrected chi connectivity index (χ4v) is 2.99. The summed E-state index contributed by atoms with van der Waals surface area (Å²) in [6, 6.07) is 8.90. The Kier molecular flexibility index (Phi) is 3.92. The third-order valence-electron chi connectivity index (χ3n) is 4.77. The van der Waals surface area contributed by atoms with E-state index < -0.39 is 0 Å². The number of nitrogens with one attached hydrogen (secondary N) is 2. The second-order valence-electron chi connectivity index (χ2n) is 7.41. The SMILES string of the molecule is CC1(C)CCC(Nc2ccc(C(=O)NC3CC3)cc2)CC1. The van der Waals surface area contributed by atoms with Gasteiger partial charge in [-0.1, -0.05) is 13.8 Å². The van der Waals surface area contributed by atoms with Crippen LogP contribution in [0.3, 0.4) is 0 Å². The van der Waals surface area contributed by atoms with Crippen molar-refractivity contribution in [3.05, 3.63) is 29.8 Å². The van der Waals surface area contributed by atoms with Crippen LogP contribution in [0.1, 0.15) is 62.7 Å². The summed E-state index contributed by atoms with van der Waals surface area (Å²) in [6.07, 6.45) is 7.29. The van der Waals surface area contributed by atoms with E-state index in [1.54, 1.807) is 0 Å². The van der Waals surface area contributed by atoms with E-state index >= 15 is 0 Å². The molecule has 1 aromatic rings. The third-order valence-corrected chi connectivity index (χ3v) is 4.77. The largest absolute Gasteiger partial charge is 0.382 e. The molecule has 21 heavy (non-hydrogen) atoms. The summed E-state index contributed by atoms with van der Waals surface area (Å²) in [5, 5.41) is 6.63. The molecule has 1 amide bonds. The van der Waals surface area contributed by atoms with Crippen molar-refractivity contribution < 1.29 is 4.79 Å². The summed E-state index contributed by atoms with van der Waals surface area (Å²) >= 11 is 0. The smallest absolute Gasteiger partial charge is 0.251 e. The molecule has 0 atom stereocenters. The summed E-state index contributed by atoms with van der Waals surface area (Å²) < 4.78 is 0. The molecule has 2 aliphatic rings. The van der Waals surface area contributed by atoms with E-state index in [9.17, 15) is 4.79 Å². The second-order valence-corrected chi connectivity index (χ2v) is 7.41. The van der Waals surface area contributed by atoms with Gasteiger partial charge in [-0.2, -0.15) is 0 Å². The maximum Gasteiger partial charge on any atom is 0.251 e. The van der Waals surface area contributed by atoms with Crippen molar-refractivity contribution >= 4 is 11.6 Å². The van der Waals surface area contributed by atoms with Crippen LogP contribution in [0.25, 0.3) is 0 Å². The highest BCUT2D eigenvalue weighted by Crippen LogP contribution is 2.36. The molecule has 0 bridgehead atoms. The minimum absolute atomic E-state index is 0.0588. The number of benzene rings is 1. The summed E-state index contributed by atoms with van der Waals surface area (Å²) in [5.74, 6) is 0.0588. The molecular weight excluding hydrogens is 260 g/mol. The van der Waals surface area contributed by atoms with Crippen LogP contribution in [0.4, 0.5) is 5.69 Å². The highest BCUT2D eigenvalue weighted by Gasteiger charge is 2.26. The van der Waals surface area contributed by atoms with E-state index in [0.29, 0.717) is 17.5 Å². The number of carbonyl (C=O) groups is 1. The van der Waals surface area contributed by atoms with Gasteiger partial charge in [0.15, 0.2) is 0 Å². The normalized spacial score (nSPS) is 21.8. The van der Waals surface area contributed by atoms with Crippen LogP contribution >= 0.6 is 0 Å². The number of hydrogen-bond donors (Lipinski definition) is 2. The van der Waals surface area contributed by atoms with Crippen molar-refractivity contribution in [1.82, 2.24) is 5.32 Å². The van der Waals surface area contributed by atoms with Crippen molar-refractivity contribution in [3.63, 3.8) is 0 Å². The fraction of sp³-hybridized carbons (Fsp3) is 0.611. The van der Waals surface area contributed by atoms with Crippen molar-refractivity contribution in [2.45, 2.75) is 64.5 Å². The average molecular weight is 286 g/mol. The Hall–Kier alpha value is -1.51. The summed E-state index contributed by atoms with van der Waals surface area (Å²) in [6.45, 7) is 4.72. The minimum atomic E-state index is 0.0588. The predicted octanol–water partition coefficient (Wildman–Crippen LogP) is 3.96. The third kappa shape index (κ3) is 3.99. The van der Waals surface area contributed by atoms with Gasteiger partial charge in [0, 0.05) is 23.3 Å². The molecule has 2 saturated carbocycles. The first-order valence-corrected chi connectivity index (χ1v) is 8.19. The van der Waals surface area contributed by atoms with E-state index in [1.807, 2.05) is 24.3 Å². The first-order valence-electron chi connectivity index (χ1n) is 8.19. The van der Waals surface area contributed by atoms with Gasteiger partial charge in [-0.3, -0.25) is 4.79 Å². The molecule has 114 valence electrons. The monoisotopic (exact) mass is 286 g/mol. The maximum absolute atomic E-state index is 11.9. The molecule has 2 aliphatic carbocycles. The number of amides is 1. The zero-order chi connectivity index (χ0) is 14.9. The predicted molar refractivity (Wildman–Crippen MR) is 86.6 cm³/mol. The second kappa shape index (κ2) is 5.70. The van der Waals surface area contributed by atoms with E-state index in [4.69, 9.17) is 0 Å². The van der Waals surface area contributed by atoms with Gasteiger partial charge in [0.1, 0.15) is 0 Å². The molecular formula is C18H26N2O. The Balaban J connectivity index is 1.53. The van der Waals surface area contributed by atoms with Crippen molar-refractivity contribution in [2.24, 2.45) is 5.41 Å². The standard InChI is InChI=1S/C18H26N2O/c1-18(2)11-9-16(10-12-18)19-14-5-3-13(4-6-14)17(21)20-15-7-8-15/h3-6,15-16,19H,7-12H2,1-2H3,(H,20,21). The van der Waals surface area contributed by atoms with E-state index in [-0.39, 0.29) is 5.91 Å². The molecule has 2 N–H and O–H groups in total. The molecule has 0 unspecified atom stereocenters. The Morgan fingerprint density at radius 3 is 2.19 bits per heavy atom. The van der Waals surface area contributed by atoms with Crippen molar-refractivity contribution in [3.8, 4) is 0 Å². The van der Waals surface area contributed by atoms with E-state index in [2.05, 4.69) is 24.5 Å². The molecule has 0 heterocycles. The molecule has 0 radical (unpaired) electrons. The van der Waals surface area contributed by atoms with Crippen LogP contribution in [0.2, 0.25) is 0 Å². The van der Waals surface area contributed by atoms with Gasteiger partial charge in [0.05, 0.1) is 0 Å². The molecule has 3 rings (SSSR count). The highest BCUT2D eigenvalue weighted by atomic mass is 16.1. The molecule has 0 aliphatic heterocycles. The first kappa shape index (κ1) is 14.4. The average Bonchev–Trinajstić information content (AvgIpc) is 3.26. The lowest BCUT2D eigenvalue weighted by Gasteiger charge is -2.35. The molecule has 0 saturated heterocycles. The summed E-state index contributed by atoms with van der Waals surface area (Å²) in [7, 11) is 0. The van der Waals surface area contributed by atoms with E-state index in [1.165, 1.54) is 25.7 Å². The Labute approximate surface area is 127 Å². The highest BCUT2D eigenvalue weighted by molar-refractivity contribution is 5.94. The zero-order valence-corrected chi connectivity index (χ0v) is 13.1. The van der Waals surface area contributed by atoms with Gasteiger partial charge in [0.2, 0.25) is 0 Å². The van der Waals surface area contributed by atoms with Gasteiger partial charge in [-0.15, -0.1) is 0 Å². The van der Waals surface area contributed by atoms with Crippen molar-refractivity contribution in [1.29, 1.82) is 0 Å². The number of rotatable bonds is 4. The number of anilines is 1. The quantitative estimate of drug-likeness (QED) is 0.879. The van der Waals surface area contributed by atoms with E-state index in [0.717, 1.165) is 24.1 Å². The zero-order valence-electron chi connectivity index (χ0n) is 13.1. The molecule has 1 aromatic carbocycles. The number of carbonyl (C=O) groups excluding carboxylic acids is 1. The van der Waals surface area contributed by atoms with Crippen molar-refractivity contribution in [2.75, 3.05) is 5.32 Å². The molecule has 3 nitrogen and oxygen atoms in total. The Morgan fingerprint density at radius 2 is 1.62 bits per heavy atom. The Bertz CT molecular complexity index is 492. The van der Waals surface area contributed by atoms with Crippen LogP contribution in [-0.4, -0.2) is 18.0 Å². The van der Waals surface area contributed by atoms with Gasteiger partial charge < -0.3 is 10.6 Å². The summed E-state index contributed by atoms with van der Waals surface area (Å²) in [4.78, 5) is 11.9. The van der Waals surface area contributed by atoms with Gasteiger partial charge in [-0.05, 0) is 68.2 Å². The molecule has 0 spiro atoms. The minimum Gasteiger partial charge on any atom is -0.382 e. The lowest BCUT2D eigenvalue weighted by atomic mass is 9.75. The maximum atomic E-state index is 11.9. The molecule has 0 aromatic heterocycles. The van der Waals surface area contributed by atoms with Crippen LogP contribution in [0.5, 0.6) is 0 Å². The van der Waals surface area contributed by atoms with Gasteiger partial charge in [0.25, 0.3) is 5.91 Å². The van der Waals surface area contributed by atoms with Crippen LogP contribution < -0.4 is 10.6 Å². The van der Waals surface area contributed by atoms with Crippen LogP contribution in [-0.2, 0) is 0 Å². The van der Waals surface area contributed by atoms with Crippen LogP contribution in [0.15, 0.2) is 24.3 Å². The van der Waals surface area contributed by atoms with Gasteiger partial charge >= 0.3 is 0 Å². The summed E-state index contributed by atoms with van der Waals surface area (Å²) in [5.41, 5.74) is 2.39. The fourth-order valence-electron chi connectivity index (χ4n) is 2.99. The lowest BCUT2D eigenvalue weighted by molar-refractivity contribution is 0.0951. The number of hydrogen-bond acceptors (Lipinski definition) is 2. The Morgan fingerprint density at radius 1 is 1.00 bits per heavy atom. The first-order chi connectivity index (χ1) is 10.0. The molecule has 2 fully saturated rings. The van der Waals surface area contributed by atoms with Crippen LogP contribution in [0, 0.1) is 5.41 Å². The van der Waals surface area contributed by atoms with Gasteiger partial charge in [-0.25, -0.2) is 0 Å². The lowest BCUT2D eigenvalue weighted by Crippen LogP contribution is -2.29. The molecule has 3 heteroatoms.